The first-order chi connectivity index (χ1) is 6.49. The van der Waals surface area contributed by atoms with Crippen molar-refractivity contribution in [2.45, 2.75) is 13.3 Å². The summed E-state index contributed by atoms with van der Waals surface area (Å²) in [5, 5.41) is 11.1. The van der Waals surface area contributed by atoms with Gasteiger partial charge in [0.05, 0.1) is 16.4 Å². The summed E-state index contributed by atoms with van der Waals surface area (Å²) in [4.78, 5) is 21.8. The summed E-state index contributed by atoms with van der Waals surface area (Å²) in [5.41, 5.74) is 0.481. The second-order valence-corrected chi connectivity index (χ2v) is 4.41. The van der Waals surface area contributed by atoms with Crippen LogP contribution in [0.2, 0.25) is 4.34 Å². The molecule has 4 nitrogen and oxygen atoms in total. The van der Waals surface area contributed by atoms with Gasteiger partial charge in [0.25, 0.3) is 0 Å². The maximum absolute atomic E-state index is 10.8. The van der Waals surface area contributed by atoms with E-state index < -0.39 is 5.97 Å². The number of anilines is 1. The fourth-order valence-electron chi connectivity index (χ4n) is 0.960. The smallest absolute Gasteiger partial charge is 0.308 e. The molecule has 2 N–H and O–H groups in total. The Kier molecular flexibility index (Phi) is 3.49. The number of carboxylic acids is 1. The monoisotopic (exact) mass is 233 g/mol. The number of hydrogen-bond acceptors (Lipinski definition) is 3. The highest BCUT2D eigenvalue weighted by Gasteiger charge is 2.12. The van der Waals surface area contributed by atoms with Crippen molar-refractivity contribution in [3.05, 3.63) is 15.3 Å². The van der Waals surface area contributed by atoms with Gasteiger partial charge in [0.15, 0.2) is 0 Å². The molecule has 1 rings (SSSR count). The lowest BCUT2D eigenvalue weighted by Gasteiger charge is -2.00. The fraction of sp³-hybridized carbons (Fsp3) is 0.250. The Morgan fingerprint density at radius 2 is 2.29 bits per heavy atom. The van der Waals surface area contributed by atoms with Crippen LogP contribution in [0.15, 0.2) is 6.07 Å². The molecule has 0 aliphatic rings. The molecule has 0 aromatic carbocycles. The minimum absolute atomic E-state index is 0.132. The van der Waals surface area contributed by atoms with E-state index in [4.69, 9.17) is 16.7 Å². The van der Waals surface area contributed by atoms with Gasteiger partial charge in [-0.25, -0.2) is 0 Å². The van der Waals surface area contributed by atoms with E-state index in [1.165, 1.54) is 6.92 Å². The second-order valence-electron chi connectivity index (χ2n) is 2.64. The summed E-state index contributed by atoms with van der Waals surface area (Å²) in [6.45, 7) is 1.36. The van der Waals surface area contributed by atoms with Gasteiger partial charge < -0.3 is 10.4 Å². The second kappa shape index (κ2) is 4.43. The van der Waals surface area contributed by atoms with E-state index in [2.05, 4.69) is 5.32 Å². The fourth-order valence-corrected chi connectivity index (χ4v) is 2.18. The van der Waals surface area contributed by atoms with Crippen LogP contribution in [0.4, 0.5) is 5.69 Å². The zero-order chi connectivity index (χ0) is 10.7. The summed E-state index contributed by atoms with van der Waals surface area (Å²) < 4.78 is 0.463. The number of amides is 1. The molecule has 1 heterocycles. The number of aliphatic carboxylic acids is 1. The minimum Gasteiger partial charge on any atom is -0.481 e. The summed E-state index contributed by atoms with van der Waals surface area (Å²) in [6, 6.07) is 1.55. The summed E-state index contributed by atoms with van der Waals surface area (Å²) in [5.74, 6) is -1.19. The van der Waals surface area contributed by atoms with Gasteiger partial charge in [-0.1, -0.05) is 11.6 Å². The molecule has 0 fully saturated rings. The first-order valence-corrected chi connectivity index (χ1v) is 4.96. The highest BCUT2D eigenvalue weighted by molar-refractivity contribution is 7.16. The average Bonchev–Trinajstić information content (AvgIpc) is 2.28. The Morgan fingerprint density at radius 1 is 1.64 bits per heavy atom. The van der Waals surface area contributed by atoms with Gasteiger partial charge in [0, 0.05) is 11.8 Å². The van der Waals surface area contributed by atoms with Crippen LogP contribution in [0.1, 0.15) is 11.8 Å². The molecule has 0 saturated carbocycles. The first-order valence-electron chi connectivity index (χ1n) is 3.76. The molecular weight excluding hydrogens is 226 g/mol. The number of carbonyl (C=O) groups is 2. The first kappa shape index (κ1) is 11.0. The van der Waals surface area contributed by atoms with Crippen molar-refractivity contribution in [2.24, 2.45) is 0 Å². The van der Waals surface area contributed by atoms with Crippen molar-refractivity contribution in [1.82, 2.24) is 0 Å². The van der Waals surface area contributed by atoms with E-state index >= 15 is 0 Å². The highest BCUT2D eigenvalue weighted by atomic mass is 35.5. The molecule has 0 bridgehead atoms. The van der Waals surface area contributed by atoms with Crippen molar-refractivity contribution in [3.63, 3.8) is 0 Å². The molecule has 0 spiro atoms. The number of rotatable bonds is 3. The minimum atomic E-state index is -0.949. The van der Waals surface area contributed by atoms with Crippen LogP contribution in [0, 0.1) is 0 Å². The van der Waals surface area contributed by atoms with E-state index in [0.717, 1.165) is 11.3 Å². The molecule has 0 aliphatic heterocycles. The van der Waals surface area contributed by atoms with E-state index in [0.29, 0.717) is 14.9 Å². The van der Waals surface area contributed by atoms with Crippen molar-refractivity contribution in [1.29, 1.82) is 0 Å². The topological polar surface area (TPSA) is 66.4 Å². The van der Waals surface area contributed by atoms with E-state index in [1.54, 1.807) is 6.07 Å². The van der Waals surface area contributed by atoms with Gasteiger partial charge in [0.1, 0.15) is 0 Å². The van der Waals surface area contributed by atoms with Crippen LogP contribution in [-0.2, 0) is 16.0 Å². The number of thiophene rings is 1. The van der Waals surface area contributed by atoms with Crippen molar-refractivity contribution >= 4 is 40.5 Å². The van der Waals surface area contributed by atoms with Crippen molar-refractivity contribution in [3.8, 4) is 0 Å². The van der Waals surface area contributed by atoms with Crippen LogP contribution in [0.25, 0.3) is 0 Å². The largest absolute Gasteiger partial charge is 0.481 e. The summed E-state index contributed by atoms with van der Waals surface area (Å²) in [6.07, 6.45) is -0.132. The van der Waals surface area contributed by atoms with E-state index in [-0.39, 0.29) is 12.3 Å². The molecule has 14 heavy (non-hydrogen) atoms. The molecule has 0 atom stereocenters. The normalized spacial score (nSPS) is 9.86. The molecule has 1 amide bonds. The van der Waals surface area contributed by atoms with Crippen LogP contribution >= 0.6 is 22.9 Å². The molecule has 1 aromatic rings. The Morgan fingerprint density at radius 3 is 2.79 bits per heavy atom. The third-order valence-electron chi connectivity index (χ3n) is 1.40. The lowest BCUT2D eigenvalue weighted by Crippen LogP contribution is -2.08. The molecule has 0 unspecified atom stereocenters. The number of carboxylic acid groups (broad SMARTS) is 1. The summed E-state index contributed by atoms with van der Waals surface area (Å²) >= 11 is 6.86. The predicted octanol–water partition coefficient (Wildman–Crippen LogP) is 1.99. The molecule has 0 radical (unpaired) electrons. The SMILES string of the molecule is CC(=O)Nc1cc(Cl)sc1CC(=O)O. The molecule has 0 saturated heterocycles. The third-order valence-corrected chi connectivity index (χ3v) is 2.67. The third kappa shape index (κ3) is 3.01. The molecule has 0 aliphatic carbocycles. The highest BCUT2D eigenvalue weighted by Crippen LogP contribution is 2.31. The molecule has 76 valence electrons. The maximum Gasteiger partial charge on any atom is 0.308 e. The zero-order valence-corrected chi connectivity index (χ0v) is 8.91. The molecule has 1 aromatic heterocycles. The van der Waals surface area contributed by atoms with Crippen LogP contribution in [-0.4, -0.2) is 17.0 Å². The van der Waals surface area contributed by atoms with Gasteiger partial charge in [0.2, 0.25) is 5.91 Å². The lowest BCUT2D eigenvalue weighted by molar-refractivity contribution is -0.136. The number of halogens is 1. The van der Waals surface area contributed by atoms with Gasteiger partial charge in [-0.3, -0.25) is 9.59 Å². The number of nitrogens with one attached hydrogen (secondary N) is 1. The van der Waals surface area contributed by atoms with Gasteiger partial charge >= 0.3 is 5.97 Å². The van der Waals surface area contributed by atoms with Gasteiger partial charge in [-0.15, -0.1) is 11.3 Å². The Bertz CT molecular complexity index is 341. The zero-order valence-electron chi connectivity index (χ0n) is 7.33. The molecule has 6 heteroatoms. The van der Waals surface area contributed by atoms with E-state index in [9.17, 15) is 9.59 Å². The van der Waals surface area contributed by atoms with Crippen molar-refractivity contribution < 1.29 is 14.7 Å². The van der Waals surface area contributed by atoms with Crippen LogP contribution in [0.5, 0.6) is 0 Å². The van der Waals surface area contributed by atoms with Crippen LogP contribution < -0.4 is 5.32 Å². The Balaban J connectivity index is 2.90. The van der Waals surface area contributed by atoms with Gasteiger partial charge in [-0.05, 0) is 6.07 Å². The Hall–Kier alpha value is -1.07. The quantitative estimate of drug-likeness (QED) is 0.839. The predicted molar refractivity (Wildman–Crippen MR) is 55.0 cm³/mol. The summed E-state index contributed by atoms with van der Waals surface area (Å²) in [7, 11) is 0. The average molecular weight is 234 g/mol. The maximum atomic E-state index is 10.8. The van der Waals surface area contributed by atoms with Gasteiger partial charge in [-0.2, -0.15) is 0 Å². The lowest BCUT2D eigenvalue weighted by atomic mass is 10.3. The molecular formula is C8H8ClNO3S. The van der Waals surface area contributed by atoms with Crippen LogP contribution in [0.3, 0.4) is 0 Å². The van der Waals surface area contributed by atoms with Crippen molar-refractivity contribution in [2.75, 3.05) is 5.32 Å². The number of carbonyl (C=O) groups excluding carboxylic acids is 1. The standard InChI is InChI=1S/C8H8ClNO3S/c1-4(11)10-5-2-7(9)14-6(5)3-8(12)13/h2H,3H2,1H3,(H,10,11)(H,12,13). The van der Waals surface area contributed by atoms with E-state index in [1.807, 2.05) is 0 Å². The number of hydrogen-bond donors (Lipinski definition) is 2. The Labute approximate surface area is 89.5 Å².